The van der Waals surface area contributed by atoms with Crippen molar-refractivity contribution < 1.29 is 17.6 Å². The molecule has 0 heterocycles. The van der Waals surface area contributed by atoms with Crippen molar-refractivity contribution in [1.82, 2.24) is 0 Å². The lowest BCUT2D eigenvalue weighted by Gasteiger charge is -2.10. The second kappa shape index (κ2) is 4.52. The van der Waals surface area contributed by atoms with E-state index >= 15 is 0 Å². The molecule has 0 atom stereocenters. The molecule has 2 rings (SSSR count). The Hall–Kier alpha value is -0.710. The second-order valence-electron chi connectivity index (χ2n) is 4.21. The van der Waals surface area contributed by atoms with E-state index in [1.807, 2.05) is 0 Å². The number of rotatable bonds is 3. The molecule has 1 fully saturated rings. The second-order valence-corrected chi connectivity index (χ2v) is 5.22. The number of hydrogen-bond acceptors (Lipinski definition) is 1. The van der Waals surface area contributed by atoms with Gasteiger partial charge in [0.1, 0.15) is 5.82 Å². The van der Waals surface area contributed by atoms with Crippen LogP contribution in [0.15, 0.2) is 11.0 Å². The average Bonchev–Trinajstić information content (AvgIpc) is 2.98. The Bertz CT molecular complexity index is 421. The van der Waals surface area contributed by atoms with Crippen LogP contribution in [-0.2, 0) is 0 Å². The monoisotopic (exact) mass is 263 g/mol. The van der Waals surface area contributed by atoms with Gasteiger partial charge >= 0.3 is 6.18 Å². The molecule has 5 heteroatoms. The molecule has 93 valence electrons. The minimum absolute atomic E-state index is 0.178. The summed E-state index contributed by atoms with van der Waals surface area (Å²) in [6, 6.07) is 4.06. The van der Waals surface area contributed by atoms with Gasteiger partial charge in [0.15, 0.2) is 0 Å². The number of halogens is 4. The molecule has 1 aromatic rings. The third kappa shape index (κ3) is 3.37. The first-order valence-electron chi connectivity index (χ1n) is 5.28. The van der Waals surface area contributed by atoms with Crippen LogP contribution in [0.4, 0.5) is 17.6 Å². The zero-order chi connectivity index (χ0) is 12.6. The fourth-order valence-corrected chi connectivity index (χ4v) is 2.41. The molecule has 0 amide bonds. The lowest BCUT2D eigenvalue weighted by molar-refractivity contribution is -0.105. The van der Waals surface area contributed by atoms with Gasteiger partial charge in [0.05, 0.1) is 5.75 Å². The van der Waals surface area contributed by atoms with Crippen LogP contribution in [0.3, 0.4) is 0 Å². The highest BCUT2D eigenvalue weighted by atomic mass is 32.2. The molecule has 0 unspecified atom stereocenters. The molecule has 1 aromatic carbocycles. The molecule has 0 aromatic heterocycles. The van der Waals surface area contributed by atoms with E-state index in [9.17, 15) is 17.6 Å². The summed E-state index contributed by atoms with van der Waals surface area (Å²) < 4.78 is 49.9. The zero-order valence-electron chi connectivity index (χ0n) is 9.20. The van der Waals surface area contributed by atoms with Crippen LogP contribution >= 0.6 is 11.8 Å². The Morgan fingerprint density at radius 1 is 1.41 bits per heavy atom. The van der Waals surface area contributed by atoms with Crippen LogP contribution < -0.4 is 0 Å². The third-order valence-corrected chi connectivity index (χ3v) is 3.82. The predicted octanol–water partition coefficient (Wildman–Crippen LogP) is 4.47. The highest BCUT2D eigenvalue weighted by Crippen LogP contribution is 2.43. The van der Waals surface area contributed by atoms with Gasteiger partial charge in [0.2, 0.25) is 0 Å². The largest absolute Gasteiger partial charge is 0.398 e. The van der Waals surface area contributed by atoms with Crippen LogP contribution in [0.5, 0.6) is 0 Å². The molecule has 0 saturated heterocycles. The molecule has 1 saturated carbocycles. The SMILES string of the molecule is Cc1[c]c(F)c(C2CC2)cc1SCC(F)(F)F. The summed E-state index contributed by atoms with van der Waals surface area (Å²) in [5, 5.41) is 0. The van der Waals surface area contributed by atoms with Gasteiger partial charge in [-0.1, -0.05) is 0 Å². The topological polar surface area (TPSA) is 0 Å². The maximum Gasteiger partial charge on any atom is 0.398 e. The van der Waals surface area contributed by atoms with Crippen molar-refractivity contribution in [3.63, 3.8) is 0 Å². The van der Waals surface area contributed by atoms with Gasteiger partial charge in [-0.25, -0.2) is 4.39 Å². The molecule has 0 aliphatic heterocycles. The lowest BCUT2D eigenvalue weighted by Crippen LogP contribution is -2.10. The Labute approximate surface area is 101 Å². The molecule has 1 aliphatic carbocycles. The number of benzene rings is 1. The van der Waals surface area contributed by atoms with Crippen LogP contribution in [0, 0.1) is 18.8 Å². The maximum atomic E-state index is 13.5. The van der Waals surface area contributed by atoms with E-state index in [1.54, 1.807) is 13.0 Å². The quantitative estimate of drug-likeness (QED) is 0.573. The Balaban J connectivity index is 2.18. The van der Waals surface area contributed by atoms with Crippen LogP contribution in [-0.4, -0.2) is 11.9 Å². The van der Waals surface area contributed by atoms with Gasteiger partial charge in [-0.2, -0.15) is 13.2 Å². The first-order valence-corrected chi connectivity index (χ1v) is 6.27. The molecule has 0 nitrogen and oxygen atoms in total. The summed E-state index contributed by atoms with van der Waals surface area (Å²) >= 11 is 0.699. The summed E-state index contributed by atoms with van der Waals surface area (Å²) in [6.07, 6.45) is -2.38. The van der Waals surface area contributed by atoms with E-state index < -0.39 is 17.7 Å². The van der Waals surface area contributed by atoms with E-state index in [4.69, 9.17) is 0 Å². The van der Waals surface area contributed by atoms with Gasteiger partial charge in [0.25, 0.3) is 0 Å². The van der Waals surface area contributed by atoms with Crippen LogP contribution in [0.2, 0.25) is 0 Å². The Morgan fingerprint density at radius 3 is 2.59 bits per heavy atom. The molecule has 17 heavy (non-hydrogen) atoms. The summed E-state index contributed by atoms with van der Waals surface area (Å²) in [5.41, 5.74) is 0.960. The minimum Gasteiger partial charge on any atom is -0.206 e. The van der Waals surface area contributed by atoms with Gasteiger partial charge in [-0.3, -0.25) is 0 Å². The van der Waals surface area contributed by atoms with Crippen molar-refractivity contribution in [1.29, 1.82) is 0 Å². The summed E-state index contributed by atoms with van der Waals surface area (Å²) in [5.74, 6) is -1.18. The average molecular weight is 263 g/mol. The van der Waals surface area contributed by atoms with Crippen molar-refractivity contribution in [2.24, 2.45) is 0 Å². The van der Waals surface area contributed by atoms with Crippen LogP contribution in [0.1, 0.15) is 29.9 Å². The van der Waals surface area contributed by atoms with Gasteiger partial charge in [-0.15, -0.1) is 11.8 Å². The molecule has 1 radical (unpaired) electrons. The number of aryl methyl sites for hydroxylation is 1. The smallest absolute Gasteiger partial charge is 0.206 e. The van der Waals surface area contributed by atoms with Gasteiger partial charge in [0, 0.05) is 11.0 Å². The Kier molecular flexibility index (Phi) is 3.39. The number of alkyl halides is 3. The fourth-order valence-electron chi connectivity index (χ4n) is 1.61. The van der Waals surface area contributed by atoms with E-state index in [1.165, 1.54) is 0 Å². The van der Waals surface area contributed by atoms with E-state index in [-0.39, 0.29) is 5.92 Å². The highest BCUT2D eigenvalue weighted by Gasteiger charge is 2.30. The standard InChI is InChI=1S/C12H11F4S/c1-7-4-10(13)9(8-2-3-8)5-11(7)17-6-12(14,15)16/h5,8H,2-3,6H2,1H3. The summed E-state index contributed by atoms with van der Waals surface area (Å²) in [6.45, 7) is 1.58. The molecule has 0 spiro atoms. The maximum absolute atomic E-state index is 13.5. The van der Waals surface area contributed by atoms with Crippen LogP contribution in [0.25, 0.3) is 0 Å². The van der Waals surface area contributed by atoms with Crippen molar-refractivity contribution in [2.75, 3.05) is 5.75 Å². The summed E-state index contributed by atoms with van der Waals surface area (Å²) in [4.78, 5) is 0.477. The van der Waals surface area contributed by atoms with Gasteiger partial charge in [-0.05, 0) is 42.9 Å². The van der Waals surface area contributed by atoms with Crippen molar-refractivity contribution in [3.8, 4) is 0 Å². The van der Waals surface area contributed by atoms with E-state index in [2.05, 4.69) is 6.07 Å². The molecule has 0 bridgehead atoms. The predicted molar refractivity (Wildman–Crippen MR) is 58.7 cm³/mol. The third-order valence-electron chi connectivity index (χ3n) is 2.62. The van der Waals surface area contributed by atoms with Crippen molar-refractivity contribution >= 4 is 11.8 Å². The van der Waals surface area contributed by atoms with Crippen molar-refractivity contribution in [3.05, 3.63) is 29.1 Å². The van der Waals surface area contributed by atoms with E-state index in [0.717, 1.165) is 12.8 Å². The molecular weight excluding hydrogens is 252 g/mol. The first-order chi connectivity index (χ1) is 7.87. The Morgan fingerprint density at radius 2 is 2.06 bits per heavy atom. The van der Waals surface area contributed by atoms with Gasteiger partial charge < -0.3 is 0 Å². The normalized spacial score (nSPS) is 16.3. The van der Waals surface area contributed by atoms with Crippen molar-refractivity contribution in [2.45, 2.75) is 36.8 Å². The molecule has 1 aliphatic rings. The molecule has 0 N–H and O–H groups in total. The zero-order valence-corrected chi connectivity index (χ0v) is 10.0. The minimum atomic E-state index is -4.20. The number of hydrogen-bond donors (Lipinski definition) is 0. The fraction of sp³-hybridized carbons (Fsp3) is 0.500. The highest BCUT2D eigenvalue weighted by molar-refractivity contribution is 7.99. The molecular formula is C12H11F4S. The lowest BCUT2D eigenvalue weighted by atomic mass is 10.1. The summed E-state index contributed by atoms with van der Waals surface area (Å²) in [7, 11) is 0. The number of thioether (sulfide) groups is 1. The first kappa shape index (κ1) is 12.7. The van der Waals surface area contributed by atoms with E-state index in [0.29, 0.717) is 27.8 Å².